The standard InChI is InChI=1S/C28H30F3N3O5/c1-17(2)25(26(37)28(29,30)31)33-24(36)16-34-22(19-7-5-4-6-8-19)14-13-21(27(34)38)32-23(35)15-18-9-11-20(39-3)12-10-18/h4-14,17,25-26,37H,15-16H2,1-3H3,(H,32,35)(H,33,36). The van der Waals surface area contributed by atoms with E-state index in [0.29, 0.717) is 22.6 Å². The van der Waals surface area contributed by atoms with Gasteiger partial charge in [-0.15, -0.1) is 0 Å². The SMILES string of the molecule is COc1ccc(CC(=O)Nc2ccc(-c3ccccc3)n(CC(=O)NC(C(C)C)C(O)C(F)(F)F)c2=O)cc1. The Morgan fingerprint density at radius 2 is 1.62 bits per heavy atom. The van der Waals surface area contributed by atoms with Gasteiger partial charge in [0.2, 0.25) is 11.8 Å². The Morgan fingerprint density at radius 1 is 0.974 bits per heavy atom. The zero-order chi connectivity index (χ0) is 28.7. The molecule has 0 bridgehead atoms. The molecule has 208 valence electrons. The lowest BCUT2D eigenvalue weighted by atomic mass is 9.98. The molecular formula is C28H30F3N3O5. The van der Waals surface area contributed by atoms with E-state index in [9.17, 15) is 32.7 Å². The Hall–Kier alpha value is -4.12. The summed E-state index contributed by atoms with van der Waals surface area (Å²) < 4.78 is 45.6. The van der Waals surface area contributed by atoms with Crippen LogP contribution < -0.4 is 20.9 Å². The fourth-order valence-corrected chi connectivity index (χ4v) is 4.00. The van der Waals surface area contributed by atoms with E-state index < -0.39 is 48.2 Å². The Bertz CT molecular complexity index is 1340. The predicted molar refractivity (Wildman–Crippen MR) is 140 cm³/mol. The molecule has 0 fully saturated rings. The lowest BCUT2D eigenvalue weighted by Crippen LogP contribution is -2.53. The molecule has 0 aliphatic rings. The molecule has 0 aliphatic carbocycles. The van der Waals surface area contributed by atoms with Crippen LogP contribution in [0.1, 0.15) is 19.4 Å². The summed E-state index contributed by atoms with van der Waals surface area (Å²) in [4.78, 5) is 38.9. The second kappa shape index (κ2) is 12.6. The Balaban J connectivity index is 1.89. The number of aromatic nitrogens is 1. The highest BCUT2D eigenvalue weighted by atomic mass is 19.4. The van der Waals surface area contributed by atoms with Gasteiger partial charge in [-0.05, 0) is 41.3 Å². The van der Waals surface area contributed by atoms with Crippen LogP contribution in [0, 0.1) is 5.92 Å². The molecule has 2 atom stereocenters. The van der Waals surface area contributed by atoms with Gasteiger partial charge in [-0.1, -0.05) is 56.3 Å². The van der Waals surface area contributed by atoms with E-state index in [1.165, 1.54) is 33.1 Å². The van der Waals surface area contributed by atoms with Gasteiger partial charge in [0.05, 0.1) is 25.3 Å². The number of pyridine rings is 1. The molecule has 11 heteroatoms. The van der Waals surface area contributed by atoms with Crippen molar-refractivity contribution in [3.05, 3.63) is 82.6 Å². The van der Waals surface area contributed by atoms with Gasteiger partial charge in [0.25, 0.3) is 5.56 Å². The summed E-state index contributed by atoms with van der Waals surface area (Å²) in [5, 5.41) is 14.5. The average Bonchev–Trinajstić information content (AvgIpc) is 2.89. The first-order chi connectivity index (χ1) is 18.4. The van der Waals surface area contributed by atoms with Crippen molar-refractivity contribution in [3.63, 3.8) is 0 Å². The molecule has 0 saturated carbocycles. The van der Waals surface area contributed by atoms with Crippen LogP contribution in [0.4, 0.5) is 18.9 Å². The van der Waals surface area contributed by atoms with Crippen molar-refractivity contribution >= 4 is 17.5 Å². The van der Waals surface area contributed by atoms with Crippen molar-refractivity contribution < 1.29 is 32.6 Å². The second-order valence-corrected chi connectivity index (χ2v) is 9.29. The second-order valence-electron chi connectivity index (χ2n) is 9.29. The molecule has 0 aliphatic heterocycles. The number of anilines is 1. The number of hydrogen-bond donors (Lipinski definition) is 3. The van der Waals surface area contributed by atoms with E-state index in [4.69, 9.17) is 4.74 Å². The van der Waals surface area contributed by atoms with Crippen LogP contribution >= 0.6 is 0 Å². The van der Waals surface area contributed by atoms with E-state index in [2.05, 4.69) is 10.6 Å². The molecule has 3 rings (SSSR count). The van der Waals surface area contributed by atoms with E-state index in [0.717, 1.165) is 4.57 Å². The number of alkyl halides is 3. The first-order valence-electron chi connectivity index (χ1n) is 12.2. The van der Waals surface area contributed by atoms with E-state index in [1.54, 1.807) is 54.6 Å². The van der Waals surface area contributed by atoms with Crippen LogP contribution in [-0.4, -0.2) is 46.9 Å². The Morgan fingerprint density at radius 3 is 2.18 bits per heavy atom. The van der Waals surface area contributed by atoms with E-state index >= 15 is 0 Å². The van der Waals surface area contributed by atoms with Crippen molar-refractivity contribution in [1.82, 2.24) is 9.88 Å². The number of benzene rings is 2. The molecule has 8 nitrogen and oxygen atoms in total. The summed E-state index contributed by atoms with van der Waals surface area (Å²) in [6, 6.07) is 16.8. The zero-order valence-corrected chi connectivity index (χ0v) is 21.7. The smallest absolute Gasteiger partial charge is 0.416 e. The summed E-state index contributed by atoms with van der Waals surface area (Å²) in [7, 11) is 1.52. The molecule has 39 heavy (non-hydrogen) atoms. The maximum absolute atomic E-state index is 13.4. The quantitative estimate of drug-likeness (QED) is 0.359. The maximum atomic E-state index is 13.4. The number of halogens is 3. The largest absolute Gasteiger partial charge is 0.497 e. The number of methoxy groups -OCH3 is 1. The van der Waals surface area contributed by atoms with Crippen LogP contribution in [0.2, 0.25) is 0 Å². The third kappa shape index (κ3) is 7.70. The van der Waals surface area contributed by atoms with Crippen LogP contribution in [-0.2, 0) is 22.6 Å². The molecular weight excluding hydrogens is 515 g/mol. The third-order valence-electron chi connectivity index (χ3n) is 6.06. The highest BCUT2D eigenvalue weighted by molar-refractivity contribution is 5.92. The average molecular weight is 546 g/mol. The van der Waals surface area contributed by atoms with Gasteiger partial charge in [0.15, 0.2) is 6.10 Å². The van der Waals surface area contributed by atoms with Gasteiger partial charge >= 0.3 is 6.18 Å². The minimum atomic E-state index is -4.94. The normalized spacial score (nSPS) is 13.0. The van der Waals surface area contributed by atoms with Crippen molar-refractivity contribution in [1.29, 1.82) is 0 Å². The molecule has 2 unspecified atom stereocenters. The number of nitrogens with one attached hydrogen (secondary N) is 2. The zero-order valence-electron chi connectivity index (χ0n) is 21.7. The summed E-state index contributed by atoms with van der Waals surface area (Å²) in [6.07, 6.45) is -7.76. The van der Waals surface area contributed by atoms with Crippen LogP contribution in [0.3, 0.4) is 0 Å². The fourth-order valence-electron chi connectivity index (χ4n) is 4.00. The molecule has 3 N–H and O–H groups in total. The van der Waals surface area contributed by atoms with Crippen LogP contribution in [0.5, 0.6) is 5.75 Å². The van der Waals surface area contributed by atoms with Gasteiger partial charge < -0.3 is 20.5 Å². The number of nitrogens with zero attached hydrogens (tertiary/aromatic N) is 1. The number of carbonyl (C=O) groups is 2. The highest BCUT2D eigenvalue weighted by Gasteiger charge is 2.45. The number of hydrogen-bond acceptors (Lipinski definition) is 5. The molecule has 2 aromatic carbocycles. The van der Waals surface area contributed by atoms with Gasteiger partial charge in [-0.25, -0.2) is 0 Å². The van der Waals surface area contributed by atoms with Gasteiger partial charge in [-0.2, -0.15) is 13.2 Å². The van der Waals surface area contributed by atoms with E-state index in [1.807, 2.05) is 0 Å². The maximum Gasteiger partial charge on any atom is 0.416 e. The first-order valence-corrected chi connectivity index (χ1v) is 12.2. The van der Waals surface area contributed by atoms with Gasteiger partial charge in [0.1, 0.15) is 18.0 Å². The monoisotopic (exact) mass is 545 g/mol. The fraction of sp³-hybridized carbons (Fsp3) is 0.321. The van der Waals surface area contributed by atoms with Crippen LogP contribution in [0.25, 0.3) is 11.3 Å². The topological polar surface area (TPSA) is 110 Å². The third-order valence-corrected chi connectivity index (χ3v) is 6.06. The van der Waals surface area contributed by atoms with E-state index in [-0.39, 0.29) is 12.1 Å². The number of carbonyl (C=O) groups excluding carboxylic acids is 2. The molecule has 1 aromatic heterocycles. The van der Waals surface area contributed by atoms with Crippen molar-refractivity contribution in [2.75, 3.05) is 12.4 Å². The highest BCUT2D eigenvalue weighted by Crippen LogP contribution is 2.26. The van der Waals surface area contributed by atoms with Crippen LogP contribution in [0.15, 0.2) is 71.5 Å². The first kappa shape index (κ1) is 29.4. The molecule has 0 spiro atoms. The summed E-state index contributed by atoms with van der Waals surface area (Å²) in [6.45, 7) is 2.22. The number of amides is 2. The Kier molecular flexibility index (Phi) is 9.52. The van der Waals surface area contributed by atoms with Crippen molar-refractivity contribution in [2.24, 2.45) is 5.92 Å². The Labute approximate surface area is 223 Å². The minimum absolute atomic E-state index is 0.0320. The van der Waals surface area contributed by atoms with Crippen molar-refractivity contribution in [3.8, 4) is 17.0 Å². The number of aliphatic hydroxyl groups is 1. The lowest BCUT2D eigenvalue weighted by Gasteiger charge is -2.29. The van der Waals surface area contributed by atoms with Gasteiger partial charge in [-0.3, -0.25) is 19.0 Å². The van der Waals surface area contributed by atoms with Crippen molar-refractivity contribution in [2.45, 2.75) is 45.1 Å². The molecule has 0 radical (unpaired) electrons. The summed E-state index contributed by atoms with van der Waals surface area (Å²) >= 11 is 0. The predicted octanol–water partition coefficient (Wildman–Crippen LogP) is 3.77. The van der Waals surface area contributed by atoms with Gasteiger partial charge in [0, 0.05) is 0 Å². The summed E-state index contributed by atoms with van der Waals surface area (Å²) in [5.74, 6) is -1.51. The molecule has 3 aromatic rings. The lowest BCUT2D eigenvalue weighted by molar-refractivity contribution is -0.215. The molecule has 2 amide bonds. The number of aliphatic hydroxyl groups excluding tert-OH is 1. The molecule has 0 saturated heterocycles. The number of rotatable bonds is 10. The molecule has 1 heterocycles. The summed E-state index contributed by atoms with van der Waals surface area (Å²) in [5.41, 5.74) is 0.760. The number of ether oxygens (including phenoxy) is 1. The minimum Gasteiger partial charge on any atom is -0.497 e.